The van der Waals surface area contributed by atoms with Crippen molar-refractivity contribution < 1.29 is 4.74 Å². The summed E-state index contributed by atoms with van der Waals surface area (Å²) in [4.78, 5) is 2.39. The third kappa shape index (κ3) is 3.56. The van der Waals surface area contributed by atoms with Gasteiger partial charge in [-0.05, 0) is 45.6 Å². The van der Waals surface area contributed by atoms with E-state index in [2.05, 4.69) is 17.9 Å². The zero-order chi connectivity index (χ0) is 13.1. The number of nitrogen functional groups attached to an aromatic ring is 1. The third-order valence-corrected chi connectivity index (χ3v) is 3.21. The SMILES string of the molecule is CCN(CC1CC1)c1cc(N)cc(OC(C)C)c1. The third-order valence-electron chi connectivity index (χ3n) is 3.21. The molecule has 1 aliphatic rings. The predicted octanol–water partition coefficient (Wildman–Crippen LogP) is 3.29. The van der Waals surface area contributed by atoms with Crippen LogP contribution < -0.4 is 15.4 Å². The maximum Gasteiger partial charge on any atom is 0.123 e. The van der Waals surface area contributed by atoms with Crippen LogP contribution in [0.25, 0.3) is 0 Å². The Balaban J connectivity index is 2.16. The molecule has 1 fully saturated rings. The normalized spacial score (nSPS) is 14.9. The van der Waals surface area contributed by atoms with E-state index in [1.807, 2.05) is 26.0 Å². The monoisotopic (exact) mass is 248 g/mol. The highest BCUT2D eigenvalue weighted by molar-refractivity contribution is 5.60. The second kappa shape index (κ2) is 5.51. The largest absolute Gasteiger partial charge is 0.491 e. The number of rotatable bonds is 6. The summed E-state index contributed by atoms with van der Waals surface area (Å²) < 4.78 is 5.74. The topological polar surface area (TPSA) is 38.5 Å². The molecule has 0 spiro atoms. The Morgan fingerprint density at radius 1 is 1.33 bits per heavy atom. The summed E-state index contributed by atoms with van der Waals surface area (Å²) in [6.07, 6.45) is 2.92. The molecule has 3 nitrogen and oxygen atoms in total. The first-order valence-corrected chi connectivity index (χ1v) is 6.90. The lowest BCUT2D eigenvalue weighted by atomic mass is 10.2. The van der Waals surface area contributed by atoms with E-state index in [1.54, 1.807) is 0 Å². The van der Waals surface area contributed by atoms with Gasteiger partial charge in [-0.2, -0.15) is 0 Å². The molecule has 2 N–H and O–H groups in total. The Kier molecular flexibility index (Phi) is 4.00. The van der Waals surface area contributed by atoms with Crippen molar-refractivity contribution in [3.05, 3.63) is 18.2 Å². The quantitative estimate of drug-likeness (QED) is 0.785. The first-order chi connectivity index (χ1) is 8.58. The smallest absolute Gasteiger partial charge is 0.123 e. The van der Waals surface area contributed by atoms with Gasteiger partial charge in [0.05, 0.1) is 6.10 Å². The molecule has 0 aromatic heterocycles. The van der Waals surface area contributed by atoms with Gasteiger partial charge in [0, 0.05) is 36.6 Å². The molecule has 100 valence electrons. The Labute approximate surface area is 110 Å². The lowest BCUT2D eigenvalue weighted by Gasteiger charge is -2.24. The summed E-state index contributed by atoms with van der Waals surface area (Å²) in [6, 6.07) is 6.04. The van der Waals surface area contributed by atoms with E-state index in [1.165, 1.54) is 18.5 Å². The predicted molar refractivity (Wildman–Crippen MR) is 77.2 cm³/mol. The molecule has 0 heterocycles. The average Bonchev–Trinajstić information content (AvgIpc) is 3.07. The van der Waals surface area contributed by atoms with Crippen molar-refractivity contribution in [2.24, 2.45) is 5.92 Å². The second-order valence-corrected chi connectivity index (χ2v) is 5.41. The number of nitrogens with two attached hydrogens (primary N) is 1. The van der Waals surface area contributed by atoms with E-state index in [4.69, 9.17) is 10.5 Å². The molecule has 2 rings (SSSR count). The van der Waals surface area contributed by atoms with E-state index >= 15 is 0 Å². The zero-order valence-corrected chi connectivity index (χ0v) is 11.6. The molecule has 3 heteroatoms. The maximum absolute atomic E-state index is 5.97. The van der Waals surface area contributed by atoms with Gasteiger partial charge in [-0.15, -0.1) is 0 Å². The van der Waals surface area contributed by atoms with E-state index in [0.29, 0.717) is 0 Å². The van der Waals surface area contributed by atoms with Crippen molar-refractivity contribution in [1.82, 2.24) is 0 Å². The molecule has 0 atom stereocenters. The minimum atomic E-state index is 0.179. The van der Waals surface area contributed by atoms with E-state index in [9.17, 15) is 0 Å². The van der Waals surface area contributed by atoms with Gasteiger partial charge in [0.1, 0.15) is 5.75 Å². The van der Waals surface area contributed by atoms with Gasteiger partial charge in [0.25, 0.3) is 0 Å². The number of nitrogens with zero attached hydrogens (tertiary/aromatic N) is 1. The molecule has 18 heavy (non-hydrogen) atoms. The Morgan fingerprint density at radius 3 is 2.61 bits per heavy atom. The van der Waals surface area contributed by atoms with E-state index < -0.39 is 0 Å². The van der Waals surface area contributed by atoms with Crippen LogP contribution in [-0.2, 0) is 0 Å². The number of hydrogen-bond donors (Lipinski definition) is 1. The fraction of sp³-hybridized carbons (Fsp3) is 0.600. The summed E-state index contributed by atoms with van der Waals surface area (Å²) in [7, 11) is 0. The number of hydrogen-bond acceptors (Lipinski definition) is 3. The van der Waals surface area contributed by atoms with Crippen LogP contribution in [0.2, 0.25) is 0 Å². The average molecular weight is 248 g/mol. The maximum atomic E-state index is 5.97. The second-order valence-electron chi connectivity index (χ2n) is 5.41. The Bertz CT molecular complexity index is 399. The standard InChI is InChI=1S/C15H24N2O/c1-4-17(10-12-5-6-12)14-7-13(16)8-15(9-14)18-11(2)3/h7-9,11-12H,4-6,10,16H2,1-3H3. The fourth-order valence-electron chi connectivity index (χ4n) is 2.16. The van der Waals surface area contributed by atoms with Gasteiger partial charge in [-0.1, -0.05) is 0 Å². The van der Waals surface area contributed by atoms with Crippen molar-refractivity contribution >= 4 is 11.4 Å². The minimum Gasteiger partial charge on any atom is -0.491 e. The molecule has 0 aliphatic heterocycles. The van der Waals surface area contributed by atoms with Crippen molar-refractivity contribution in [3.63, 3.8) is 0 Å². The van der Waals surface area contributed by atoms with Crippen molar-refractivity contribution in [2.45, 2.75) is 39.7 Å². The molecule has 1 aromatic rings. The fourth-order valence-corrected chi connectivity index (χ4v) is 2.16. The minimum absolute atomic E-state index is 0.179. The van der Waals surface area contributed by atoms with Crippen LogP contribution >= 0.6 is 0 Å². The van der Waals surface area contributed by atoms with Crippen LogP contribution in [0.4, 0.5) is 11.4 Å². The first-order valence-electron chi connectivity index (χ1n) is 6.90. The van der Waals surface area contributed by atoms with Gasteiger partial charge in [0.2, 0.25) is 0 Å². The first kappa shape index (κ1) is 13.1. The van der Waals surface area contributed by atoms with E-state index in [-0.39, 0.29) is 6.10 Å². The highest BCUT2D eigenvalue weighted by Crippen LogP contribution is 2.33. The molecule has 0 saturated heterocycles. The highest BCUT2D eigenvalue weighted by atomic mass is 16.5. The van der Waals surface area contributed by atoms with E-state index in [0.717, 1.165) is 30.4 Å². The van der Waals surface area contributed by atoms with Gasteiger partial charge >= 0.3 is 0 Å². The lowest BCUT2D eigenvalue weighted by Crippen LogP contribution is -2.25. The van der Waals surface area contributed by atoms with Gasteiger partial charge in [-0.25, -0.2) is 0 Å². The summed E-state index contributed by atoms with van der Waals surface area (Å²) in [5.74, 6) is 1.75. The molecule has 0 radical (unpaired) electrons. The lowest BCUT2D eigenvalue weighted by molar-refractivity contribution is 0.242. The molecule has 1 aromatic carbocycles. The number of anilines is 2. The van der Waals surface area contributed by atoms with Crippen LogP contribution in [0.15, 0.2) is 18.2 Å². The van der Waals surface area contributed by atoms with Gasteiger partial charge < -0.3 is 15.4 Å². The molecule has 0 unspecified atom stereocenters. The van der Waals surface area contributed by atoms with Gasteiger partial charge in [-0.3, -0.25) is 0 Å². The number of benzene rings is 1. The molecule has 1 saturated carbocycles. The Morgan fingerprint density at radius 2 is 2.06 bits per heavy atom. The molecular formula is C15H24N2O. The summed E-state index contributed by atoms with van der Waals surface area (Å²) in [5, 5.41) is 0. The molecule has 1 aliphatic carbocycles. The zero-order valence-electron chi connectivity index (χ0n) is 11.6. The van der Waals surface area contributed by atoms with Crippen LogP contribution in [0, 0.1) is 5.92 Å². The molecule has 0 bridgehead atoms. The van der Waals surface area contributed by atoms with Gasteiger partial charge in [0.15, 0.2) is 0 Å². The summed E-state index contributed by atoms with van der Waals surface area (Å²) >= 11 is 0. The molecular weight excluding hydrogens is 224 g/mol. The van der Waals surface area contributed by atoms with Crippen molar-refractivity contribution in [3.8, 4) is 5.75 Å². The van der Waals surface area contributed by atoms with Crippen molar-refractivity contribution in [2.75, 3.05) is 23.7 Å². The van der Waals surface area contributed by atoms with Crippen LogP contribution in [-0.4, -0.2) is 19.2 Å². The Hall–Kier alpha value is -1.38. The highest BCUT2D eigenvalue weighted by Gasteiger charge is 2.24. The van der Waals surface area contributed by atoms with Crippen LogP contribution in [0.3, 0.4) is 0 Å². The number of ether oxygens (including phenoxy) is 1. The summed E-state index contributed by atoms with van der Waals surface area (Å²) in [6.45, 7) is 8.41. The molecule has 0 amide bonds. The summed E-state index contributed by atoms with van der Waals surface area (Å²) in [5.41, 5.74) is 7.92. The van der Waals surface area contributed by atoms with Crippen LogP contribution in [0.1, 0.15) is 33.6 Å². The van der Waals surface area contributed by atoms with Crippen molar-refractivity contribution in [1.29, 1.82) is 0 Å². The van der Waals surface area contributed by atoms with Crippen LogP contribution in [0.5, 0.6) is 5.75 Å².